The van der Waals surface area contributed by atoms with Gasteiger partial charge < -0.3 is 5.11 Å². The van der Waals surface area contributed by atoms with E-state index in [0.717, 1.165) is 12.8 Å². The Hall–Kier alpha value is -0.440. The summed E-state index contributed by atoms with van der Waals surface area (Å²) in [5.41, 5.74) is 0. The van der Waals surface area contributed by atoms with Crippen LogP contribution in [0.1, 0.15) is 32.6 Å². The van der Waals surface area contributed by atoms with E-state index < -0.39 is 12.0 Å². The van der Waals surface area contributed by atoms with Gasteiger partial charge >= 0.3 is 0 Å². The zero-order valence-electron chi connectivity index (χ0n) is 7.39. The Labute approximate surface area is 72.1 Å². The molecular weight excluding hydrogens is 162 g/mol. The molecule has 0 saturated heterocycles. The number of alkyl halides is 2. The van der Waals surface area contributed by atoms with Crippen LogP contribution in [0.3, 0.4) is 0 Å². The normalized spacial score (nSPS) is 14.3. The molecule has 1 nitrogen and oxygen atoms in total. The molecule has 0 saturated carbocycles. The number of aliphatic hydroxyl groups excluding tert-OH is 1. The molecule has 0 aliphatic rings. The second-order valence-electron chi connectivity index (χ2n) is 2.89. The van der Waals surface area contributed by atoms with Gasteiger partial charge in [0, 0.05) is 0 Å². The molecule has 0 heterocycles. The second kappa shape index (κ2) is 5.25. The monoisotopic (exact) mass is 178 g/mol. The predicted octanol–water partition coefficient (Wildman–Crippen LogP) is 2.75. The summed E-state index contributed by atoms with van der Waals surface area (Å²) in [5.74, 6) is -3.13. The van der Waals surface area contributed by atoms with Crippen LogP contribution in [0.4, 0.5) is 8.78 Å². The van der Waals surface area contributed by atoms with Crippen molar-refractivity contribution in [1.29, 1.82) is 0 Å². The minimum atomic E-state index is -3.13. The molecule has 0 aliphatic carbocycles. The van der Waals surface area contributed by atoms with Gasteiger partial charge in [-0.25, -0.2) is 0 Å². The van der Waals surface area contributed by atoms with Crippen molar-refractivity contribution in [3.8, 4) is 0 Å². The molecular formula is C9H16F2O. The number of aliphatic hydroxyl groups is 1. The first-order valence-electron chi connectivity index (χ1n) is 4.24. The highest BCUT2D eigenvalue weighted by Gasteiger charge is 2.33. The van der Waals surface area contributed by atoms with Crippen molar-refractivity contribution in [2.24, 2.45) is 0 Å². The highest BCUT2D eigenvalue weighted by molar-refractivity contribution is 4.92. The second-order valence-corrected chi connectivity index (χ2v) is 2.89. The fraction of sp³-hybridized carbons (Fsp3) is 0.778. The van der Waals surface area contributed by atoms with Crippen LogP contribution in [0.15, 0.2) is 12.7 Å². The van der Waals surface area contributed by atoms with Crippen LogP contribution in [0, 0.1) is 0 Å². The maximum absolute atomic E-state index is 12.6. The van der Waals surface area contributed by atoms with Gasteiger partial charge in [0.25, 0.3) is 5.92 Å². The maximum atomic E-state index is 12.6. The number of hydrogen-bond donors (Lipinski definition) is 1. The Morgan fingerprint density at radius 1 is 1.50 bits per heavy atom. The van der Waals surface area contributed by atoms with E-state index in [9.17, 15) is 8.78 Å². The minimum Gasteiger partial charge on any atom is -0.386 e. The molecule has 0 spiro atoms. The third kappa shape index (κ3) is 3.81. The summed E-state index contributed by atoms with van der Waals surface area (Å²) >= 11 is 0. The van der Waals surface area contributed by atoms with E-state index in [1.165, 1.54) is 0 Å². The van der Waals surface area contributed by atoms with Crippen molar-refractivity contribution in [1.82, 2.24) is 0 Å². The third-order valence-corrected chi connectivity index (χ3v) is 1.80. The van der Waals surface area contributed by atoms with Crippen molar-refractivity contribution in [3.63, 3.8) is 0 Å². The van der Waals surface area contributed by atoms with Crippen LogP contribution >= 0.6 is 0 Å². The van der Waals surface area contributed by atoms with Crippen molar-refractivity contribution in [2.75, 3.05) is 0 Å². The largest absolute Gasteiger partial charge is 0.386 e. The SMILES string of the molecule is C=CC(F)(F)C(O)CCCCC. The molecule has 3 heteroatoms. The highest BCUT2D eigenvalue weighted by Crippen LogP contribution is 2.23. The molecule has 0 amide bonds. The molecule has 0 fully saturated rings. The lowest BCUT2D eigenvalue weighted by atomic mass is 10.1. The summed E-state index contributed by atoms with van der Waals surface area (Å²) in [6.45, 7) is 4.96. The quantitative estimate of drug-likeness (QED) is 0.489. The average Bonchev–Trinajstić information content (AvgIpc) is 2.05. The van der Waals surface area contributed by atoms with Crippen molar-refractivity contribution < 1.29 is 13.9 Å². The maximum Gasteiger partial charge on any atom is 0.291 e. The zero-order chi connectivity index (χ0) is 9.61. The molecule has 12 heavy (non-hydrogen) atoms. The van der Waals surface area contributed by atoms with Crippen LogP contribution in [0.2, 0.25) is 0 Å². The van der Waals surface area contributed by atoms with Gasteiger partial charge in [-0.15, -0.1) is 0 Å². The topological polar surface area (TPSA) is 20.2 Å². The van der Waals surface area contributed by atoms with Crippen molar-refractivity contribution >= 4 is 0 Å². The van der Waals surface area contributed by atoms with Gasteiger partial charge in [-0.1, -0.05) is 32.8 Å². The van der Waals surface area contributed by atoms with Crippen LogP contribution in [-0.2, 0) is 0 Å². The third-order valence-electron chi connectivity index (χ3n) is 1.80. The van der Waals surface area contributed by atoms with E-state index in [1.54, 1.807) is 0 Å². The van der Waals surface area contributed by atoms with Gasteiger partial charge in [-0.05, 0) is 12.5 Å². The minimum absolute atomic E-state index is 0.146. The fourth-order valence-electron chi connectivity index (χ4n) is 0.916. The van der Waals surface area contributed by atoms with Crippen LogP contribution in [-0.4, -0.2) is 17.1 Å². The summed E-state index contributed by atoms with van der Waals surface area (Å²) in [5, 5.41) is 8.98. The summed E-state index contributed by atoms with van der Waals surface area (Å²) in [7, 11) is 0. The lowest BCUT2D eigenvalue weighted by Crippen LogP contribution is -2.30. The van der Waals surface area contributed by atoms with Crippen LogP contribution in [0.5, 0.6) is 0 Å². The molecule has 0 bridgehead atoms. The van der Waals surface area contributed by atoms with E-state index in [-0.39, 0.29) is 6.42 Å². The molecule has 1 N–H and O–H groups in total. The molecule has 0 aromatic heterocycles. The van der Waals surface area contributed by atoms with Gasteiger partial charge in [-0.2, -0.15) is 8.78 Å². The first-order chi connectivity index (χ1) is 5.54. The Balaban J connectivity index is 3.70. The van der Waals surface area contributed by atoms with E-state index in [4.69, 9.17) is 5.11 Å². The smallest absolute Gasteiger partial charge is 0.291 e. The van der Waals surface area contributed by atoms with Gasteiger partial charge in [-0.3, -0.25) is 0 Å². The fourth-order valence-corrected chi connectivity index (χ4v) is 0.916. The van der Waals surface area contributed by atoms with Gasteiger partial charge in [0.2, 0.25) is 0 Å². The van der Waals surface area contributed by atoms with Gasteiger partial charge in [0.1, 0.15) is 6.10 Å². The zero-order valence-corrected chi connectivity index (χ0v) is 7.39. The standard InChI is InChI=1S/C9H16F2O/c1-3-5-6-7-8(12)9(10,11)4-2/h4,8,12H,2-3,5-7H2,1H3. The van der Waals surface area contributed by atoms with Crippen molar-refractivity contribution in [2.45, 2.75) is 44.6 Å². The van der Waals surface area contributed by atoms with E-state index in [2.05, 4.69) is 6.58 Å². The predicted molar refractivity (Wildman–Crippen MR) is 45.3 cm³/mol. The number of rotatable bonds is 6. The Bertz CT molecular complexity index is 134. The molecule has 0 aromatic rings. The molecule has 0 rings (SSSR count). The molecule has 72 valence electrons. The first-order valence-corrected chi connectivity index (χ1v) is 4.24. The highest BCUT2D eigenvalue weighted by atomic mass is 19.3. The molecule has 1 unspecified atom stereocenters. The lowest BCUT2D eigenvalue weighted by Gasteiger charge is -2.18. The summed E-state index contributed by atoms with van der Waals surface area (Å²) in [6, 6.07) is 0. The number of unbranched alkanes of at least 4 members (excludes halogenated alkanes) is 2. The lowest BCUT2D eigenvalue weighted by molar-refractivity contribution is -0.0730. The number of halogens is 2. The molecule has 1 atom stereocenters. The summed E-state index contributed by atoms with van der Waals surface area (Å²) in [6.07, 6.45) is 1.57. The summed E-state index contributed by atoms with van der Waals surface area (Å²) in [4.78, 5) is 0. The Morgan fingerprint density at radius 3 is 2.50 bits per heavy atom. The molecule has 0 radical (unpaired) electrons. The van der Waals surface area contributed by atoms with Crippen molar-refractivity contribution in [3.05, 3.63) is 12.7 Å². The van der Waals surface area contributed by atoms with Gasteiger partial charge in [0.05, 0.1) is 0 Å². The van der Waals surface area contributed by atoms with Crippen LogP contribution < -0.4 is 0 Å². The average molecular weight is 178 g/mol. The van der Waals surface area contributed by atoms with Crippen LogP contribution in [0.25, 0.3) is 0 Å². The Morgan fingerprint density at radius 2 is 2.08 bits per heavy atom. The van der Waals surface area contributed by atoms with E-state index >= 15 is 0 Å². The summed E-state index contributed by atoms with van der Waals surface area (Å²) < 4.78 is 25.2. The van der Waals surface area contributed by atoms with E-state index in [1.807, 2.05) is 6.92 Å². The van der Waals surface area contributed by atoms with E-state index in [0.29, 0.717) is 12.5 Å². The Kier molecular flexibility index (Phi) is 5.06. The first kappa shape index (κ1) is 11.6. The number of hydrogen-bond acceptors (Lipinski definition) is 1. The molecule has 0 aromatic carbocycles. The van der Waals surface area contributed by atoms with Gasteiger partial charge in [0.15, 0.2) is 0 Å². The molecule has 0 aliphatic heterocycles.